The third-order valence-electron chi connectivity index (χ3n) is 6.39. The Hall–Kier alpha value is -3.81. The predicted molar refractivity (Wildman–Crippen MR) is 146 cm³/mol. The molecule has 0 radical (unpaired) electrons. The van der Waals surface area contributed by atoms with Crippen LogP contribution in [-0.2, 0) is 6.54 Å². The lowest BCUT2D eigenvalue weighted by atomic mass is 10.1. The summed E-state index contributed by atoms with van der Waals surface area (Å²) in [6.07, 6.45) is 7.51. The second kappa shape index (κ2) is 10.4. The van der Waals surface area contributed by atoms with Gasteiger partial charge in [0.05, 0.1) is 17.8 Å². The van der Waals surface area contributed by atoms with Crippen molar-refractivity contribution in [2.24, 2.45) is 0 Å². The van der Waals surface area contributed by atoms with Crippen molar-refractivity contribution >= 4 is 33.6 Å². The first kappa shape index (κ1) is 22.6. The molecule has 3 aromatic heterocycles. The van der Waals surface area contributed by atoms with E-state index >= 15 is 0 Å². The van der Waals surface area contributed by atoms with E-state index in [9.17, 15) is 0 Å². The number of nitrogens with one attached hydrogen (secondary N) is 1. The lowest BCUT2D eigenvalue weighted by molar-refractivity contribution is 0.220. The van der Waals surface area contributed by atoms with Gasteiger partial charge in [-0.1, -0.05) is 24.6 Å². The van der Waals surface area contributed by atoms with Crippen LogP contribution in [0.2, 0.25) is 0 Å². The summed E-state index contributed by atoms with van der Waals surface area (Å²) in [7, 11) is 0. The van der Waals surface area contributed by atoms with Crippen LogP contribution in [0.25, 0.3) is 22.2 Å². The van der Waals surface area contributed by atoms with E-state index in [1.54, 1.807) is 17.5 Å². The van der Waals surface area contributed by atoms with Crippen molar-refractivity contribution in [2.75, 3.05) is 18.4 Å². The number of pyridine rings is 2. The van der Waals surface area contributed by atoms with E-state index < -0.39 is 0 Å². The maximum absolute atomic E-state index is 5.80. The third-order valence-corrected chi connectivity index (χ3v) is 7.22. The molecule has 1 fully saturated rings. The molecule has 6 nitrogen and oxygen atoms in total. The summed E-state index contributed by atoms with van der Waals surface area (Å²) in [6.45, 7) is 3.32. The van der Waals surface area contributed by atoms with E-state index in [0.717, 1.165) is 45.8 Å². The molecular weight excluding hydrogens is 466 g/mol. The highest BCUT2D eigenvalue weighted by atomic mass is 32.1. The number of anilines is 2. The van der Waals surface area contributed by atoms with E-state index in [1.807, 2.05) is 54.7 Å². The highest BCUT2D eigenvalue weighted by molar-refractivity contribution is 7.09. The summed E-state index contributed by atoms with van der Waals surface area (Å²) in [4.78, 5) is 16.3. The Kier molecular flexibility index (Phi) is 6.56. The van der Waals surface area contributed by atoms with Gasteiger partial charge >= 0.3 is 0 Å². The topological polar surface area (TPSA) is 63.2 Å². The predicted octanol–water partition coefficient (Wildman–Crippen LogP) is 7.28. The van der Waals surface area contributed by atoms with Crippen molar-refractivity contribution in [3.05, 3.63) is 89.5 Å². The maximum atomic E-state index is 5.80. The van der Waals surface area contributed by atoms with Gasteiger partial charge in [-0.2, -0.15) is 0 Å². The van der Waals surface area contributed by atoms with Crippen LogP contribution in [0.1, 0.15) is 24.3 Å². The Balaban J connectivity index is 1.17. The van der Waals surface area contributed by atoms with Gasteiger partial charge in [0.2, 0.25) is 5.88 Å². The molecule has 0 atom stereocenters. The molecule has 180 valence electrons. The van der Waals surface area contributed by atoms with Crippen molar-refractivity contribution in [1.82, 2.24) is 19.9 Å². The molecule has 5 aromatic rings. The number of aromatic nitrogens is 3. The summed E-state index contributed by atoms with van der Waals surface area (Å²) in [5.74, 6) is 1.32. The standard InChI is InChI=1S/C29H27N5OS/c1-4-16-34(17-5-1)19-29-33-27(20-36-29)21-7-12-24-25(13-15-30-26(24)18-21)32-22-8-10-23(11-9-22)35-28-6-2-3-14-31-28/h2-3,6-15,18,20H,1,4-5,16-17,19H2,(H,30,32). The van der Waals surface area contributed by atoms with Gasteiger partial charge in [0, 0.05) is 46.2 Å². The van der Waals surface area contributed by atoms with Crippen LogP contribution in [0.5, 0.6) is 11.6 Å². The third kappa shape index (κ3) is 5.22. The lowest BCUT2D eigenvalue weighted by Crippen LogP contribution is -2.28. The zero-order valence-electron chi connectivity index (χ0n) is 19.9. The van der Waals surface area contributed by atoms with Crippen LogP contribution in [0.4, 0.5) is 11.4 Å². The van der Waals surface area contributed by atoms with Crippen LogP contribution in [0.3, 0.4) is 0 Å². The quantitative estimate of drug-likeness (QED) is 0.257. The first-order valence-electron chi connectivity index (χ1n) is 12.3. The van der Waals surface area contributed by atoms with Crippen molar-refractivity contribution < 1.29 is 4.74 Å². The van der Waals surface area contributed by atoms with Crippen LogP contribution in [0, 0.1) is 0 Å². The Morgan fingerprint density at radius 1 is 0.889 bits per heavy atom. The number of hydrogen-bond acceptors (Lipinski definition) is 7. The molecular formula is C29H27N5OS. The average molecular weight is 494 g/mol. The SMILES string of the molecule is c1ccc(Oc2ccc(Nc3ccnc4cc(-c5csc(CN6CCCCC6)n5)ccc34)cc2)nc1. The van der Waals surface area contributed by atoms with Crippen LogP contribution < -0.4 is 10.1 Å². The summed E-state index contributed by atoms with van der Waals surface area (Å²) in [5.41, 5.74) is 5.05. The average Bonchev–Trinajstić information content (AvgIpc) is 3.39. The molecule has 4 heterocycles. The van der Waals surface area contributed by atoms with Crippen LogP contribution >= 0.6 is 11.3 Å². The molecule has 2 aromatic carbocycles. The second-order valence-electron chi connectivity index (χ2n) is 8.97. The van der Waals surface area contributed by atoms with Crippen LogP contribution in [-0.4, -0.2) is 32.9 Å². The minimum atomic E-state index is 0.577. The molecule has 0 aliphatic carbocycles. The van der Waals surface area contributed by atoms with E-state index in [0.29, 0.717) is 5.88 Å². The first-order valence-corrected chi connectivity index (χ1v) is 13.2. The summed E-state index contributed by atoms with van der Waals surface area (Å²) in [6, 6.07) is 21.9. The minimum absolute atomic E-state index is 0.577. The fourth-order valence-corrected chi connectivity index (χ4v) is 5.38. The largest absolute Gasteiger partial charge is 0.439 e. The van der Waals surface area contributed by atoms with Crippen LogP contribution in [0.15, 0.2) is 84.5 Å². The van der Waals surface area contributed by atoms with Crippen molar-refractivity contribution in [2.45, 2.75) is 25.8 Å². The molecule has 1 aliphatic rings. The first-order chi connectivity index (χ1) is 17.8. The zero-order chi connectivity index (χ0) is 24.2. The molecule has 1 saturated heterocycles. The molecule has 6 rings (SSSR count). The van der Waals surface area contributed by atoms with Crippen molar-refractivity contribution in [3.8, 4) is 22.9 Å². The van der Waals surface area contributed by atoms with Gasteiger partial charge in [-0.25, -0.2) is 9.97 Å². The highest BCUT2D eigenvalue weighted by Gasteiger charge is 2.14. The van der Waals surface area contributed by atoms with Gasteiger partial charge in [-0.05, 0) is 68.4 Å². The number of likely N-dealkylation sites (tertiary alicyclic amines) is 1. The summed E-state index contributed by atoms with van der Waals surface area (Å²) < 4.78 is 5.80. The number of ether oxygens (including phenoxy) is 1. The van der Waals surface area contributed by atoms with E-state index in [2.05, 4.69) is 43.8 Å². The minimum Gasteiger partial charge on any atom is -0.439 e. The molecule has 36 heavy (non-hydrogen) atoms. The van der Waals surface area contributed by atoms with E-state index in [1.165, 1.54) is 37.4 Å². The van der Waals surface area contributed by atoms with Gasteiger partial charge in [0.25, 0.3) is 0 Å². The van der Waals surface area contributed by atoms with Gasteiger partial charge in [0.1, 0.15) is 10.8 Å². The fraction of sp³-hybridized carbons (Fsp3) is 0.207. The number of benzene rings is 2. The van der Waals surface area contributed by atoms with E-state index in [-0.39, 0.29) is 0 Å². The molecule has 0 unspecified atom stereocenters. The lowest BCUT2D eigenvalue weighted by Gasteiger charge is -2.25. The fourth-order valence-electron chi connectivity index (χ4n) is 4.53. The van der Waals surface area contributed by atoms with E-state index in [4.69, 9.17) is 9.72 Å². The summed E-state index contributed by atoms with van der Waals surface area (Å²) >= 11 is 1.75. The Labute approximate surface area is 214 Å². The second-order valence-corrected chi connectivity index (χ2v) is 9.92. The highest BCUT2D eigenvalue weighted by Crippen LogP contribution is 2.31. The van der Waals surface area contributed by atoms with Crippen molar-refractivity contribution in [3.63, 3.8) is 0 Å². The molecule has 0 amide bonds. The molecule has 7 heteroatoms. The van der Waals surface area contributed by atoms with Gasteiger partial charge in [0.15, 0.2) is 0 Å². The summed E-state index contributed by atoms with van der Waals surface area (Å²) in [5, 5.41) is 7.93. The number of rotatable bonds is 7. The van der Waals surface area contributed by atoms with Gasteiger partial charge in [-0.15, -0.1) is 11.3 Å². The van der Waals surface area contributed by atoms with Gasteiger partial charge in [-0.3, -0.25) is 9.88 Å². The molecule has 0 spiro atoms. The number of thiazole rings is 1. The number of hydrogen-bond donors (Lipinski definition) is 1. The molecule has 0 bridgehead atoms. The Morgan fingerprint density at radius 2 is 1.78 bits per heavy atom. The number of nitrogens with zero attached hydrogens (tertiary/aromatic N) is 4. The normalized spacial score (nSPS) is 14.1. The number of piperidine rings is 1. The monoisotopic (exact) mass is 493 g/mol. The molecule has 0 saturated carbocycles. The zero-order valence-corrected chi connectivity index (χ0v) is 20.7. The smallest absolute Gasteiger partial charge is 0.219 e. The Morgan fingerprint density at radius 3 is 2.61 bits per heavy atom. The molecule has 1 N–H and O–H groups in total. The van der Waals surface area contributed by atoms with Gasteiger partial charge < -0.3 is 10.1 Å². The Bertz CT molecular complexity index is 1450. The van der Waals surface area contributed by atoms with Crippen molar-refractivity contribution in [1.29, 1.82) is 0 Å². The molecule has 1 aliphatic heterocycles. The maximum Gasteiger partial charge on any atom is 0.219 e. The number of fused-ring (bicyclic) bond motifs is 1.